The molecule has 7 rings (SSSR count). The monoisotopic (exact) mass is 850 g/mol. The van der Waals surface area contributed by atoms with Gasteiger partial charge in [-0.25, -0.2) is 9.00 Å². The maximum Gasteiger partial charge on any atom is 0.508 e. The molecule has 0 aliphatic carbocycles. The lowest BCUT2D eigenvalue weighted by Gasteiger charge is -2.44. The van der Waals surface area contributed by atoms with Crippen molar-refractivity contribution in [3.05, 3.63) is 62.7 Å². The number of nitrogens with one attached hydrogen (secondary N) is 1. The van der Waals surface area contributed by atoms with E-state index in [1.807, 2.05) is 13.8 Å². The van der Waals surface area contributed by atoms with Crippen LogP contribution in [-0.4, -0.2) is 89.9 Å². The van der Waals surface area contributed by atoms with Gasteiger partial charge in [-0.15, -0.1) is 0 Å². The number of halogens is 3. The summed E-state index contributed by atoms with van der Waals surface area (Å²) >= 11 is -2.18. The Labute approximate surface area is 340 Å². The van der Waals surface area contributed by atoms with Crippen LogP contribution in [-0.2, 0) is 50.2 Å². The second-order valence-corrected chi connectivity index (χ2v) is 16.8. The first-order chi connectivity index (χ1) is 27.6. The van der Waals surface area contributed by atoms with E-state index in [2.05, 4.69) is 16.3 Å². The third kappa shape index (κ3) is 7.52. The minimum Gasteiger partial charge on any atom is -0.504 e. The van der Waals surface area contributed by atoms with Gasteiger partial charge in [-0.1, -0.05) is 6.07 Å². The highest BCUT2D eigenvalue weighted by atomic mass is 32.2. The van der Waals surface area contributed by atoms with Gasteiger partial charge in [-0.3, -0.25) is 15.0 Å². The number of alkyl halides is 3. The van der Waals surface area contributed by atoms with Crippen molar-refractivity contribution in [2.45, 2.75) is 76.5 Å². The highest BCUT2D eigenvalue weighted by Gasteiger charge is 2.49. The van der Waals surface area contributed by atoms with Gasteiger partial charge in [-0.05, 0) is 87.4 Å². The first kappa shape index (κ1) is 41.8. The van der Waals surface area contributed by atoms with Crippen LogP contribution in [0.5, 0.6) is 40.2 Å². The number of carbonyl (C=O) groups excluding carboxylic acids is 2. The topological polar surface area (TPSA) is 151 Å². The van der Waals surface area contributed by atoms with Crippen molar-refractivity contribution < 1.29 is 64.7 Å². The Kier molecular flexibility index (Phi) is 11.8. The van der Waals surface area contributed by atoms with Gasteiger partial charge < -0.3 is 37.7 Å². The Balaban J connectivity index is 1.37. The lowest BCUT2D eigenvalue weighted by molar-refractivity contribution is -0.154. The number of nitrogens with zero attached hydrogens (tertiary/aromatic N) is 1. The number of carbonyl (C=O) groups is 2. The Morgan fingerprint density at radius 2 is 1.78 bits per heavy atom. The lowest BCUT2D eigenvalue weighted by atomic mass is 9.83. The minimum atomic E-state index is -5.13. The Bertz CT molecular complexity index is 2170. The molecular weight excluding hydrogens is 806 g/mol. The van der Waals surface area contributed by atoms with Gasteiger partial charge >= 0.3 is 28.5 Å². The van der Waals surface area contributed by atoms with Crippen LogP contribution >= 0.6 is 11.8 Å². The van der Waals surface area contributed by atoms with E-state index >= 15 is 0 Å². The summed E-state index contributed by atoms with van der Waals surface area (Å²) in [4.78, 5) is 29.4. The molecule has 18 heteroatoms. The summed E-state index contributed by atoms with van der Waals surface area (Å²) in [6, 6.07) is 3.88. The first-order valence-electron chi connectivity index (χ1n) is 18.7. The lowest BCUT2D eigenvalue weighted by Crippen LogP contribution is -2.57. The van der Waals surface area contributed by atoms with Gasteiger partial charge in [-0.2, -0.15) is 24.9 Å². The van der Waals surface area contributed by atoms with E-state index in [-0.39, 0.29) is 49.0 Å². The average Bonchev–Trinajstić information content (AvgIpc) is 3.65. The summed E-state index contributed by atoms with van der Waals surface area (Å²) in [5.74, 6) is 0.584. The molecule has 0 radical (unpaired) electrons. The molecule has 3 aromatic carbocycles. The molecule has 0 amide bonds. The molecule has 0 saturated carbocycles. The van der Waals surface area contributed by atoms with Crippen molar-refractivity contribution in [1.82, 2.24) is 10.2 Å². The van der Waals surface area contributed by atoms with Crippen LogP contribution in [0.3, 0.4) is 0 Å². The fourth-order valence-electron chi connectivity index (χ4n) is 8.69. The largest absolute Gasteiger partial charge is 0.508 e. The van der Waals surface area contributed by atoms with Crippen LogP contribution in [0, 0.1) is 20.8 Å². The number of thioether (sulfide) groups is 1. The van der Waals surface area contributed by atoms with E-state index in [1.54, 1.807) is 6.92 Å². The van der Waals surface area contributed by atoms with Crippen LogP contribution in [0.1, 0.15) is 63.9 Å². The van der Waals surface area contributed by atoms with Crippen LogP contribution in [0.25, 0.3) is 0 Å². The zero-order chi connectivity index (χ0) is 41.7. The maximum atomic E-state index is 14.8. The summed E-state index contributed by atoms with van der Waals surface area (Å²) < 4.78 is 91.9. The molecule has 3 aromatic rings. The summed E-state index contributed by atoms with van der Waals surface area (Å²) in [6.07, 6.45) is 2.06. The maximum absolute atomic E-state index is 14.8. The highest BCUT2D eigenvalue weighted by Crippen LogP contribution is 2.51. The number of phenolic OH excluding ortho intramolecular Hbond substituents is 1. The minimum absolute atomic E-state index is 0.0709. The van der Waals surface area contributed by atoms with Gasteiger partial charge in [0.2, 0.25) is 6.79 Å². The fourth-order valence-corrected chi connectivity index (χ4v) is 10.5. The number of hydrogen-bond donors (Lipinski definition) is 2. The number of methoxy groups -OCH3 is 2. The normalized spacial score (nSPS) is 22.7. The zero-order valence-electron chi connectivity index (χ0n) is 32.9. The van der Waals surface area contributed by atoms with Gasteiger partial charge in [0, 0.05) is 53.3 Å². The molecule has 1 fully saturated rings. The summed E-state index contributed by atoms with van der Waals surface area (Å²) in [5, 5.41) is 15.0. The van der Waals surface area contributed by atoms with Crippen LogP contribution in [0.4, 0.5) is 13.2 Å². The van der Waals surface area contributed by atoms with Crippen molar-refractivity contribution in [2.75, 3.05) is 52.2 Å². The van der Waals surface area contributed by atoms with Crippen molar-refractivity contribution in [3.8, 4) is 40.2 Å². The molecule has 0 bridgehead atoms. The predicted molar refractivity (Wildman–Crippen MR) is 207 cm³/mol. The quantitative estimate of drug-likeness (QED) is 0.228. The van der Waals surface area contributed by atoms with Gasteiger partial charge in [0.1, 0.15) is 12.4 Å². The van der Waals surface area contributed by atoms with Crippen LogP contribution in [0.15, 0.2) is 18.2 Å². The molecule has 13 nitrogen and oxygen atoms in total. The molecule has 4 atom stereocenters. The van der Waals surface area contributed by atoms with Crippen molar-refractivity contribution in [2.24, 2.45) is 0 Å². The molecule has 1 spiro atoms. The predicted octanol–water partition coefficient (Wildman–Crippen LogP) is 5.78. The molecular formula is C40H45F3N2O11S2. The van der Waals surface area contributed by atoms with Crippen molar-refractivity contribution >= 4 is 34.8 Å². The van der Waals surface area contributed by atoms with Crippen molar-refractivity contribution in [3.63, 3.8) is 0 Å². The second kappa shape index (κ2) is 16.3. The number of ether oxygens (including phenoxy) is 6. The molecule has 1 saturated heterocycles. The van der Waals surface area contributed by atoms with E-state index in [9.17, 15) is 32.1 Å². The number of hydrogen-bond acceptors (Lipinski definition) is 14. The summed E-state index contributed by atoms with van der Waals surface area (Å²) in [5.41, 5.74) is -1.31. The number of phenols is 1. The number of aryl methyl sites for hydroxylation is 2. The molecule has 3 unspecified atom stereocenters. The Morgan fingerprint density at radius 1 is 1.02 bits per heavy atom. The molecule has 2 N–H and O–H groups in total. The number of rotatable bonds is 6. The van der Waals surface area contributed by atoms with E-state index in [0.29, 0.717) is 88.8 Å². The smallest absolute Gasteiger partial charge is 0.504 e. The van der Waals surface area contributed by atoms with E-state index in [4.69, 9.17) is 32.6 Å². The highest BCUT2D eigenvalue weighted by molar-refractivity contribution is 7.99. The second-order valence-electron chi connectivity index (χ2n) is 14.7. The van der Waals surface area contributed by atoms with E-state index in [1.165, 1.54) is 45.0 Å². The standard InChI is InChI=1S/C40H45F3N2O11S2/c1-20-12-24-8-7-11-45-26(14-27(24)33(47)34(20)51-6)17-57-18-39(28-15-30(50-5)31(13-25(28)9-10-44-39)56-58(49)40(41,42)43)38(48)52-16-29(45)32-21(2)35(55-23(4)46)22(3)36-37(32)54-19-53-36/h12-13,15,26,29,44,47H,7-11,14,16-19H2,1-6H3/t26?,29?,39-,58?/m1/s1. The van der Waals surface area contributed by atoms with Gasteiger partial charge in [0.05, 0.1) is 20.3 Å². The number of cyclic esters (lactones) is 1. The van der Waals surface area contributed by atoms with Crippen LogP contribution in [0.2, 0.25) is 0 Å². The number of aromatic hydroxyl groups is 1. The zero-order valence-corrected chi connectivity index (χ0v) is 34.5. The molecule has 314 valence electrons. The third-order valence-corrected chi connectivity index (χ3v) is 13.2. The molecule has 4 aliphatic heterocycles. The molecule has 4 heterocycles. The van der Waals surface area contributed by atoms with Crippen LogP contribution < -0.4 is 33.2 Å². The summed E-state index contributed by atoms with van der Waals surface area (Å²) in [6.45, 7) is 7.38. The molecule has 4 aliphatic rings. The van der Waals surface area contributed by atoms with Gasteiger partial charge in [0.25, 0.3) is 0 Å². The van der Waals surface area contributed by atoms with E-state index < -0.39 is 40.1 Å². The van der Waals surface area contributed by atoms with Gasteiger partial charge in [0.15, 0.2) is 40.0 Å². The Hall–Kier alpha value is -4.39. The number of esters is 2. The fraction of sp³-hybridized carbons (Fsp3) is 0.500. The van der Waals surface area contributed by atoms with Crippen molar-refractivity contribution in [1.29, 1.82) is 0 Å². The summed E-state index contributed by atoms with van der Waals surface area (Å²) in [7, 11) is 2.76. The average molecular weight is 851 g/mol. The first-order valence-corrected chi connectivity index (χ1v) is 21.0. The molecule has 0 aromatic heterocycles. The Morgan fingerprint density at radius 3 is 2.48 bits per heavy atom. The molecule has 58 heavy (non-hydrogen) atoms. The number of fused-ring (bicyclic) bond motifs is 5. The number of benzene rings is 3. The SMILES string of the molecule is COc1cc2c(cc1OS(=O)C(F)(F)F)CCN[C@]21CSCC2Cc3c(cc(C)c(OC)c3O)CCCN2C(c2c(C)c(OC(C)=O)c(C)c3c2OCO3)COC1=O. The van der Waals surface area contributed by atoms with E-state index in [0.717, 1.165) is 16.7 Å². The third-order valence-electron chi connectivity index (χ3n) is 11.2.